The van der Waals surface area contributed by atoms with Gasteiger partial charge in [0.05, 0.1) is 11.2 Å². The van der Waals surface area contributed by atoms with Crippen LogP contribution in [0.3, 0.4) is 0 Å². The Bertz CT molecular complexity index is 1070. The molecule has 2 N–H and O–H groups in total. The normalized spacial score (nSPS) is 15.3. The molecule has 2 heteroatoms. The van der Waals surface area contributed by atoms with Crippen molar-refractivity contribution in [2.45, 2.75) is 18.8 Å². The highest BCUT2D eigenvalue weighted by molar-refractivity contribution is 5.68. The van der Waals surface area contributed by atoms with E-state index in [1.165, 1.54) is 22.3 Å². The maximum atomic E-state index is 9.92. The molecule has 2 nitrogen and oxygen atoms in total. The van der Waals surface area contributed by atoms with Crippen LogP contribution < -0.4 is 0 Å². The van der Waals surface area contributed by atoms with Gasteiger partial charge in [-0.05, 0) is 64.9 Å². The van der Waals surface area contributed by atoms with E-state index in [-0.39, 0.29) is 11.5 Å². The van der Waals surface area contributed by atoms with Crippen LogP contribution in [-0.4, -0.2) is 10.2 Å². The zero-order valence-corrected chi connectivity index (χ0v) is 16.5. The molecule has 144 valence electrons. The zero-order valence-electron chi connectivity index (χ0n) is 16.5. The average molecular weight is 380 g/mol. The predicted octanol–water partition coefficient (Wildman–Crippen LogP) is 6.21. The third-order valence-electron chi connectivity index (χ3n) is 5.68. The summed E-state index contributed by atoms with van der Waals surface area (Å²) in [6.45, 7) is 5.78. The first-order valence-electron chi connectivity index (χ1n) is 9.74. The minimum Gasteiger partial charge on any atom is -0.513 e. The lowest BCUT2D eigenvalue weighted by Gasteiger charge is -2.43. The predicted molar refractivity (Wildman–Crippen MR) is 118 cm³/mol. The van der Waals surface area contributed by atoms with E-state index in [1.54, 1.807) is 25.1 Å². The second kappa shape index (κ2) is 7.48. The summed E-state index contributed by atoms with van der Waals surface area (Å²) in [4.78, 5) is 0. The lowest BCUT2D eigenvalue weighted by atomic mass is 9.59. The number of aromatic hydroxyl groups is 1. The molecule has 0 atom stereocenters. The van der Waals surface area contributed by atoms with E-state index in [9.17, 15) is 10.2 Å². The molecule has 0 saturated heterocycles. The zero-order chi connectivity index (χ0) is 20.4. The Morgan fingerprint density at radius 2 is 1.41 bits per heavy atom. The number of phenols is 1. The number of aliphatic hydroxyl groups is 1. The molecule has 1 aliphatic rings. The van der Waals surface area contributed by atoms with Crippen molar-refractivity contribution in [2.75, 3.05) is 0 Å². The lowest BCUT2D eigenvalue weighted by molar-refractivity contribution is 0.414. The van der Waals surface area contributed by atoms with Gasteiger partial charge in [0, 0.05) is 0 Å². The molecule has 0 saturated carbocycles. The first kappa shape index (κ1) is 18.8. The minimum atomic E-state index is -0.590. The van der Waals surface area contributed by atoms with Crippen molar-refractivity contribution in [3.8, 4) is 5.75 Å². The molecule has 3 aromatic rings. The van der Waals surface area contributed by atoms with E-state index in [1.807, 2.05) is 24.3 Å². The highest BCUT2D eigenvalue weighted by Crippen LogP contribution is 2.51. The highest BCUT2D eigenvalue weighted by atomic mass is 16.3. The van der Waals surface area contributed by atoms with E-state index in [0.29, 0.717) is 0 Å². The Kier molecular flexibility index (Phi) is 4.85. The first-order chi connectivity index (χ1) is 14.1. The fraction of sp³-hybridized carbons (Fsp3) is 0.111. The largest absolute Gasteiger partial charge is 0.513 e. The van der Waals surface area contributed by atoms with Crippen molar-refractivity contribution in [2.24, 2.45) is 0 Å². The van der Waals surface area contributed by atoms with Crippen molar-refractivity contribution in [1.82, 2.24) is 0 Å². The van der Waals surface area contributed by atoms with Crippen LogP contribution in [-0.2, 0) is 11.8 Å². The summed E-state index contributed by atoms with van der Waals surface area (Å²) < 4.78 is 0. The third kappa shape index (κ3) is 3.07. The molecule has 1 aliphatic carbocycles. The second-order valence-corrected chi connectivity index (χ2v) is 7.42. The van der Waals surface area contributed by atoms with Gasteiger partial charge in [-0.2, -0.15) is 0 Å². The Hall–Kier alpha value is -3.52. The smallest absolute Gasteiger partial charge is 0.115 e. The van der Waals surface area contributed by atoms with E-state index in [0.717, 1.165) is 17.6 Å². The van der Waals surface area contributed by atoms with Gasteiger partial charge in [-0.1, -0.05) is 79.4 Å². The molecule has 0 spiro atoms. The maximum absolute atomic E-state index is 9.92. The monoisotopic (exact) mass is 380 g/mol. The Labute approximate surface area is 171 Å². The fourth-order valence-electron chi connectivity index (χ4n) is 4.49. The first-order valence-corrected chi connectivity index (χ1v) is 9.74. The molecule has 0 fully saturated rings. The Morgan fingerprint density at radius 1 is 0.862 bits per heavy atom. The van der Waals surface area contributed by atoms with Crippen molar-refractivity contribution >= 4 is 0 Å². The van der Waals surface area contributed by atoms with Gasteiger partial charge in [0.15, 0.2) is 0 Å². The standard InChI is InChI=1S/C27H24O2/c1-3-22(13-12-19(2)28)27(23-14-16-24(29)17-15-23)25-10-6-4-8-20(25)18-21-9-5-7-11-26(21)27/h3-17,28-29H,1,18H2,2H3/b19-12+,22-13+. The number of allylic oxidation sites excluding steroid dienone is 5. The molecule has 0 aromatic heterocycles. The molecule has 0 aliphatic heterocycles. The number of aliphatic hydroxyl groups excluding tert-OH is 1. The number of rotatable bonds is 4. The summed E-state index contributed by atoms with van der Waals surface area (Å²) in [6.07, 6.45) is 6.38. The van der Waals surface area contributed by atoms with Crippen molar-refractivity contribution in [3.63, 3.8) is 0 Å². The van der Waals surface area contributed by atoms with Crippen molar-refractivity contribution in [3.05, 3.63) is 137 Å². The van der Waals surface area contributed by atoms with Crippen LogP contribution in [0.4, 0.5) is 0 Å². The van der Waals surface area contributed by atoms with E-state index >= 15 is 0 Å². The summed E-state index contributed by atoms with van der Waals surface area (Å²) in [5, 5.41) is 19.7. The molecule has 4 rings (SSSR count). The highest BCUT2D eigenvalue weighted by Gasteiger charge is 2.43. The SMILES string of the molecule is C=C/C(=C\C=C(/C)O)C1(c2ccc(O)cc2)c2ccccc2Cc2ccccc21. The fourth-order valence-corrected chi connectivity index (χ4v) is 4.49. The summed E-state index contributed by atoms with van der Waals surface area (Å²) in [5.41, 5.74) is 6.33. The number of hydrogen-bond donors (Lipinski definition) is 2. The quantitative estimate of drug-likeness (QED) is 0.417. The molecule has 0 radical (unpaired) electrons. The number of phenolic OH excluding ortho intramolecular Hbond substituents is 1. The van der Waals surface area contributed by atoms with Gasteiger partial charge in [0.1, 0.15) is 5.75 Å². The molecule has 0 bridgehead atoms. The lowest BCUT2D eigenvalue weighted by Crippen LogP contribution is -2.36. The molecule has 0 amide bonds. The van der Waals surface area contributed by atoms with Gasteiger partial charge in [0.25, 0.3) is 0 Å². The van der Waals surface area contributed by atoms with Gasteiger partial charge in [-0.25, -0.2) is 0 Å². The number of benzene rings is 3. The van der Waals surface area contributed by atoms with Gasteiger partial charge in [-0.15, -0.1) is 0 Å². The van der Waals surface area contributed by atoms with Crippen LogP contribution in [0.1, 0.15) is 34.7 Å². The molecule has 0 unspecified atom stereocenters. The van der Waals surface area contributed by atoms with E-state index in [4.69, 9.17) is 0 Å². The summed E-state index contributed by atoms with van der Waals surface area (Å²) in [7, 11) is 0. The average Bonchev–Trinajstić information content (AvgIpc) is 2.73. The summed E-state index contributed by atoms with van der Waals surface area (Å²) >= 11 is 0. The van der Waals surface area contributed by atoms with E-state index < -0.39 is 5.41 Å². The molecule has 29 heavy (non-hydrogen) atoms. The van der Waals surface area contributed by atoms with Crippen molar-refractivity contribution < 1.29 is 10.2 Å². The van der Waals surface area contributed by atoms with Crippen molar-refractivity contribution in [1.29, 1.82) is 0 Å². The van der Waals surface area contributed by atoms with E-state index in [2.05, 4.69) is 55.1 Å². The topological polar surface area (TPSA) is 40.5 Å². The number of fused-ring (bicyclic) bond motifs is 2. The van der Waals surface area contributed by atoms with Crippen LogP contribution in [0.15, 0.2) is 109 Å². The molecular formula is C27H24O2. The second-order valence-electron chi connectivity index (χ2n) is 7.42. The summed E-state index contributed by atoms with van der Waals surface area (Å²) in [6, 6.07) is 24.4. The van der Waals surface area contributed by atoms with Gasteiger partial charge in [-0.3, -0.25) is 0 Å². The van der Waals surface area contributed by atoms with Crippen LogP contribution in [0.2, 0.25) is 0 Å². The summed E-state index contributed by atoms with van der Waals surface area (Å²) in [5.74, 6) is 0.471. The number of hydrogen-bond acceptors (Lipinski definition) is 2. The Balaban J connectivity index is 2.17. The third-order valence-corrected chi connectivity index (χ3v) is 5.68. The molecular weight excluding hydrogens is 356 g/mol. The maximum Gasteiger partial charge on any atom is 0.115 e. The van der Waals surface area contributed by atoms with Gasteiger partial charge in [0.2, 0.25) is 0 Å². The van der Waals surface area contributed by atoms with Crippen LogP contribution >= 0.6 is 0 Å². The minimum absolute atomic E-state index is 0.233. The van der Waals surface area contributed by atoms with Crippen LogP contribution in [0.5, 0.6) is 5.75 Å². The van der Waals surface area contributed by atoms with Crippen LogP contribution in [0, 0.1) is 0 Å². The van der Waals surface area contributed by atoms with Gasteiger partial charge >= 0.3 is 0 Å². The Morgan fingerprint density at radius 3 is 1.93 bits per heavy atom. The molecule has 3 aromatic carbocycles. The van der Waals surface area contributed by atoms with Gasteiger partial charge < -0.3 is 10.2 Å². The molecule has 0 heterocycles. The van der Waals surface area contributed by atoms with Crippen LogP contribution in [0.25, 0.3) is 0 Å².